The van der Waals surface area contributed by atoms with Gasteiger partial charge in [-0.25, -0.2) is 4.79 Å². The maximum atomic E-state index is 11.8. The summed E-state index contributed by atoms with van der Waals surface area (Å²) in [6.45, 7) is 1.07. The molecule has 1 heterocycles. The molecule has 0 saturated heterocycles. The first-order valence-electron chi connectivity index (χ1n) is 6.31. The van der Waals surface area contributed by atoms with Crippen molar-refractivity contribution in [1.29, 1.82) is 0 Å². The largest absolute Gasteiger partial charge is 0.452 e. The number of carbonyl (C=O) groups excluding carboxylic acids is 2. The Bertz CT molecular complexity index is 770. The summed E-state index contributed by atoms with van der Waals surface area (Å²) < 4.78 is 9.53. The van der Waals surface area contributed by atoms with E-state index in [-0.39, 0.29) is 17.1 Å². The number of nitrogen functional groups attached to an aromatic ring is 1. The van der Waals surface area contributed by atoms with Crippen LogP contribution in [0.1, 0.15) is 16.1 Å². The number of nitrogens with one attached hydrogen (secondary N) is 1. The second-order valence-corrected chi connectivity index (χ2v) is 4.48. The van der Waals surface area contributed by atoms with Crippen molar-refractivity contribution in [3.8, 4) is 0 Å². The van der Waals surface area contributed by atoms with Gasteiger partial charge in [0.25, 0.3) is 11.6 Å². The van der Waals surface area contributed by atoms with Crippen molar-refractivity contribution in [2.75, 3.05) is 17.7 Å². The minimum absolute atomic E-state index is 0.0781. The molecule has 0 aliphatic carbocycles. The van der Waals surface area contributed by atoms with Crippen LogP contribution in [0.15, 0.2) is 28.8 Å². The zero-order valence-corrected chi connectivity index (χ0v) is 11.9. The lowest BCUT2D eigenvalue weighted by molar-refractivity contribution is -0.383. The Hall–Kier alpha value is -3.43. The Morgan fingerprint density at radius 3 is 2.78 bits per heavy atom. The van der Waals surface area contributed by atoms with E-state index in [2.05, 4.69) is 10.5 Å². The summed E-state index contributed by atoms with van der Waals surface area (Å²) in [4.78, 5) is 33.4. The zero-order chi connectivity index (χ0) is 17.0. The molecule has 0 bridgehead atoms. The highest BCUT2D eigenvalue weighted by Crippen LogP contribution is 2.22. The fraction of sp³-hybridized carbons (Fsp3) is 0.154. The van der Waals surface area contributed by atoms with E-state index in [9.17, 15) is 19.7 Å². The van der Waals surface area contributed by atoms with E-state index in [0.717, 1.165) is 6.07 Å². The molecule has 10 nitrogen and oxygen atoms in total. The molecule has 0 unspecified atom stereocenters. The third-order valence-corrected chi connectivity index (χ3v) is 2.69. The highest BCUT2D eigenvalue weighted by molar-refractivity contribution is 5.95. The van der Waals surface area contributed by atoms with E-state index in [0.29, 0.717) is 5.76 Å². The number of anilines is 2. The van der Waals surface area contributed by atoms with E-state index in [1.54, 1.807) is 6.92 Å². The Morgan fingerprint density at radius 2 is 2.17 bits per heavy atom. The smallest absolute Gasteiger partial charge is 0.338 e. The van der Waals surface area contributed by atoms with E-state index in [4.69, 9.17) is 15.0 Å². The minimum Gasteiger partial charge on any atom is -0.452 e. The minimum atomic E-state index is -0.889. The van der Waals surface area contributed by atoms with Gasteiger partial charge in [0.05, 0.1) is 10.5 Å². The van der Waals surface area contributed by atoms with Crippen LogP contribution in [0, 0.1) is 17.0 Å². The number of hydrogen-bond acceptors (Lipinski definition) is 8. The van der Waals surface area contributed by atoms with E-state index in [1.807, 2.05) is 0 Å². The summed E-state index contributed by atoms with van der Waals surface area (Å²) in [5.41, 5.74) is 4.85. The molecule has 0 radical (unpaired) electrons. The second kappa shape index (κ2) is 6.56. The molecular formula is C13H12N4O6. The topological polar surface area (TPSA) is 151 Å². The maximum Gasteiger partial charge on any atom is 0.338 e. The van der Waals surface area contributed by atoms with Crippen molar-refractivity contribution in [2.45, 2.75) is 6.92 Å². The number of esters is 1. The fourth-order valence-electron chi connectivity index (χ4n) is 1.65. The van der Waals surface area contributed by atoms with Gasteiger partial charge in [-0.1, -0.05) is 5.16 Å². The van der Waals surface area contributed by atoms with Gasteiger partial charge in [0, 0.05) is 12.1 Å². The lowest BCUT2D eigenvalue weighted by Gasteiger charge is -2.05. The molecule has 0 saturated carbocycles. The lowest BCUT2D eigenvalue weighted by Crippen LogP contribution is -2.21. The van der Waals surface area contributed by atoms with Crippen LogP contribution in [0.3, 0.4) is 0 Å². The Labute approximate surface area is 129 Å². The number of carbonyl (C=O) groups is 2. The number of ether oxygens (including phenoxy) is 1. The summed E-state index contributed by atoms with van der Waals surface area (Å²) in [6.07, 6.45) is 0. The summed E-state index contributed by atoms with van der Waals surface area (Å²) >= 11 is 0. The third kappa shape index (κ3) is 4.03. The van der Waals surface area contributed by atoms with Gasteiger partial charge in [0.15, 0.2) is 12.4 Å². The molecular weight excluding hydrogens is 308 g/mol. The Balaban J connectivity index is 1.95. The monoisotopic (exact) mass is 320 g/mol. The normalized spacial score (nSPS) is 10.1. The predicted octanol–water partition coefficient (Wildman–Crippen LogP) is 1.27. The zero-order valence-electron chi connectivity index (χ0n) is 11.9. The standard InChI is InChI=1S/C13H12N4O6/c1-7-4-11(16-23-7)15-12(18)6-22-13(19)8-2-3-9(14)10(5-8)17(20)21/h2-5H,6,14H2,1H3,(H,15,16,18). The number of benzene rings is 1. The highest BCUT2D eigenvalue weighted by atomic mass is 16.6. The first kappa shape index (κ1) is 15.9. The van der Waals surface area contributed by atoms with Gasteiger partial charge in [-0.2, -0.15) is 0 Å². The van der Waals surface area contributed by atoms with Crippen molar-refractivity contribution in [3.63, 3.8) is 0 Å². The molecule has 2 rings (SSSR count). The van der Waals surface area contributed by atoms with Crippen LogP contribution in [0.2, 0.25) is 0 Å². The second-order valence-electron chi connectivity index (χ2n) is 4.48. The third-order valence-electron chi connectivity index (χ3n) is 2.69. The predicted molar refractivity (Wildman–Crippen MR) is 77.7 cm³/mol. The summed E-state index contributed by atoms with van der Waals surface area (Å²) in [7, 11) is 0. The van der Waals surface area contributed by atoms with Crippen LogP contribution in [0.25, 0.3) is 0 Å². The Kier molecular flexibility index (Phi) is 4.55. The molecule has 0 aliphatic rings. The molecule has 0 aliphatic heterocycles. The van der Waals surface area contributed by atoms with Gasteiger partial charge in [-0.3, -0.25) is 14.9 Å². The van der Waals surface area contributed by atoms with Crippen LogP contribution in [-0.4, -0.2) is 28.6 Å². The molecule has 2 aromatic rings. The molecule has 0 spiro atoms. The molecule has 120 valence electrons. The SMILES string of the molecule is Cc1cc(NC(=O)COC(=O)c2ccc(N)c([N+](=O)[O-])c2)no1. The van der Waals surface area contributed by atoms with E-state index in [1.165, 1.54) is 18.2 Å². The molecule has 10 heteroatoms. The number of amides is 1. The molecule has 23 heavy (non-hydrogen) atoms. The number of hydrogen-bond donors (Lipinski definition) is 2. The number of aryl methyl sites for hydroxylation is 1. The van der Waals surface area contributed by atoms with Crippen LogP contribution in [0.4, 0.5) is 17.2 Å². The number of aromatic nitrogens is 1. The van der Waals surface area contributed by atoms with Crippen LogP contribution in [0.5, 0.6) is 0 Å². The molecule has 1 aromatic heterocycles. The number of nitrogens with two attached hydrogens (primary N) is 1. The number of nitro benzene ring substituents is 1. The quantitative estimate of drug-likeness (QED) is 0.361. The highest BCUT2D eigenvalue weighted by Gasteiger charge is 2.17. The molecule has 3 N–H and O–H groups in total. The molecule has 1 aromatic carbocycles. The van der Waals surface area contributed by atoms with Crippen molar-refractivity contribution >= 4 is 29.1 Å². The van der Waals surface area contributed by atoms with Crippen LogP contribution in [-0.2, 0) is 9.53 Å². The number of rotatable bonds is 5. The van der Waals surface area contributed by atoms with Crippen LogP contribution >= 0.6 is 0 Å². The van der Waals surface area contributed by atoms with Crippen molar-refractivity contribution in [1.82, 2.24) is 5.16 Å². The number of nitrogens with zero attached hydrogens (tertiary/aromatic N) is 2. The van der Waals surface area contributed by atoms with Crippen molar-refractivity contribution in [3.05, 3.63) is 45.7 Å². The van der Waals surface area contributed by atoms with Gasteiger partial charge in [-0.15, -0.1) is 0 Å². The van der Waals surface area contributed by atoms with Gasteiger partial charge < -0.3 is 20.3 Å². The first-order valence-corrected chi connectivity index (χ1v) is 6.31. The maximum absolute atomic E-state index is 11.8. The Morgan fingerprint density at radius 1 is 1.43 bits per heavy atom. The average molecular weight is 320 g/mol. The average Bonchev–Trinajstić information content (AvgIpc) is 2.90. The van der Waals surface area contributed by atoms with Crippen LogP contribution < -0.4 is 11.1 Å². The molecule has 0 atom stereocenters. The van der Waals surface area contributed by atoms with Crippen molar-refractivity contribution < 1.29 is 23.8 Å². The van der Waals surface area contributed by atoms with E-state index < -0.39 is 29.1 Å². The van der Waals surface area contributed by atoms with E-state index >= 15 is 0 Å². The number of nitro groups is 1. The lowest BCUT2D eigenvalue weighted by atomic mass is 10.2. The molecule has 1 amide bonds. The summed E-state index contributed by atoms with van der Waals surface area (Å²) in [6, 6.07) is 4.95. The first-order chi connectivity index (χ1) is 10.9. The van der Waals surface area contributed by atoms with Gasteiger partial charge in [-0.05, 0) is 19.1 Å². The fourth-order valence-corrected chi connectivity index (χ4v) is 1.65. The summed E-state index contributed by atoms with van der Waals surface area (Å²) in [5, 5.41) is 16.7. The van der Waals surface area contributed by atoms with Gasteiger partial charge in [0.1, 0.15) is 11.4 Å². The summed E-state index contributed by atoms with van der Waals surface area (Å²) in [5.74, 6) is -0.825. The molecule has 0 fully saturated rings. The van der Waals surface area contributed by atoms with Gasteiger partial charge in [0.2, 0.25) is 0 Å². The van der Waals surface area contributed by atoms with Gasteiger partial charge >= 0.3 is 5.97 Å². The van der Waals surface area contributed by atoms with Crippen molar-refractivity contribution in [2.24, 2.45) is 0 Å².